The fourth-order valence-electron chi connectivity index (χ4n) is 3.03. The minimum absolute atomic E-state index is 0.0673. The summed E-state index contributed by atoms with van der Waals surface area (Å²) in [5.41, 5.74) is 3.45. The van der Waals surface area contributed by atoms with Gasteiger partial charge in [-0.1, -0.05) is 29.4 Å². The van der Waals surface area contributed by atoms with Crippen molar-refractivity contribution in [1.29, 1.82) is 5.26 Å². The molecule has 0 bridgehead atoms. The van der Waals surface area contributed by atoms with Gasteiger partial charge in [0.2, 0.25) is 11.8 Å². The van der Waals surface area contributed by atoms with Crippen molar-refractivity contribution in [1.82, 2.24) is 20.1 Å². The van der Waals surface area contributed by atoms with E-state index in [-0.39, 0.29) is 11.8 Å². The molecule has 2 heterocycles. The van der Waals surface area contributed by atoms with Gasteiger partial charge >= 0.3 is 0 Å². The molecular weight excluding hydrogens is 409 g/mol. The molecule has 0 radical (unpaired) electrons. The van der Waals surface area contributed by atoms with Gasteiger partial charge < -0.3 is 15.2 Å². The lowest BCUT2D eigenvalue weighted by atomic mass is 10.1. The Morgan fingerprint density at radius 2 is 1.62 bits per heavy atom. The van der Waals surface area contributed by atoms with Gasteiger partial charge in [-0.2, -0.15) is 15.2 Å². The number of nitrogens with one attached hydrogen (secondary N) is 2. The Labute approximate surface area is 184 Å². The monoisotopic (exact) mass is 429 g/mol. The highest BCUT2D eigenvalue weighted by Gasteiger charge is 2.09. The highest BCUT2D eigenvalue weighted by Crippen LogP contribution is 2.21. The SMILES string of the molecule is Cc1noc(CCc2ccc(Nc3nc(Nc4ccc(CC#N)cc4)ncc3F)cc2)n1. The maximum Gasteiger partial charge on any atom is 0.229 e. The largest absolute Gasteiger partial charge is 0.339 e. The Bertz CT molecular complexity index is 1230. The first kappa shape index (κ1) is 20.9. The summed E-state index contributed by atoms with van der Waals surface area (Å²) < 4.78 is 19.4. The van der Waals surface area contributed by atoms with Crippen molar-refractivity contribution in [3.8, 4) is 6.07 Å². The van der Waals surface area contributed by atoms with Crippen molar-refractivity contribution in [3.05, 3.63) is 83.4 Å². The molecule has 0 atom stereocenters. The van der Waals surface area contributed by atoms with E-state index in [9.17, 15) is 4.39 Å². The third kappa shape index (κ3) is 5.43. The Morgan fingerprint density at radius 3 is 2.28 bits per heavy atom. The van der Waals surface area contributed by atoms with Gasteiger partial charge in [0.15, 0.2) is 17.5 Å². The Kier molecular flexibility index (Phi) is 6.32. The van der Waals surface area contributed by atoms with Crippen molar-refractivity contribution < 1.29 is 8.91 Å². The van der Waals surface area contributed by atoms with Gasteiger partial charge in [-0.05, 0) is 48.7 Å². The van der Waals surface area contributed by atoms with E-state index in [4.69, 9.17) is 9.78 Å². The minimum atomic E-state index is -0.559. The quantitative estimate of drug-likeness (QED) is 0.416. The summed E-state index contributed by atoms with van der Waals surface area (Å²) in [5.74, 6) is 0.991. The van der Waals surface area contributed by atoms with Gasteiger partial charge in [0.05, 0.1) is 18.7 Å². The summed E-state index contributed by atoms with van der Waals surface area (Å²) in [6, 6.07) is 17.0. The Hall–Kier alpha value is -4.32. The first-order chi connectivity index (χ1) is 15.6. The highest BCUT2D eigenvalue weighted by molar-refractivity contribution is 5.60. The molecule has 0 spiro atoms. The fourth-order valence-corrected chi connectivity index (χ4v) is 3.03. The van der Waals surface area contributed by atoms with Crippen LogP contribution >= 0.6 is 0 Å². The van der Waals surface area contributed by atoms with E-state index in [1.807, 2.05) is 48.5 Å². The van der Waals surface area contributed by atoms with Crippen molar-refractivity contribution in [2.45, 2.75) is 26.2 Å². The number of halogens is 1. The van der Waals surface area contributed by atoms with Crippen LogP contribution in [0.2, 0.25) is 0 Å². The van der Waals surface area contributed by atoms with Crippen LogP contribution in [-0.2, 0) is 19.3 Å². The van der Waals surface area contributed by atoms with Gasteiger partial charge in [0.1, 0.15) is 0 Å². The summed E-state index contributed by atoms with van der Waals surface area (Å²) in [4.78, 5) is 12.4. The predicted octanol–water partition coefficient (Wildman–Crippen LogP) is 4.65. The first-order valence-electron chi connectivity index (χ1n) is 9.99. The normalized spacial score (nSPS) is 10.5. The second-order valence-electron chi connectivity index (χ2n) is 7.10. The molecule has 0 fully saturated rings. The smallest absolute Gasteiger partial charge is 0.229 e. The molecule has 2 aromatic heterocycles. The molecule has 9 heteroatoms. The molecule has 0 amide bonds. The van der Waals surface area contributed by atoms with E-state index in [1.54, 1.807) is 6.92 Å². The lowest BCUT2D eigenvalue weighted by molar-refractivity contribution is 0.374. The van der Waals surface area contributed by atoms with Crippen LogP contribution in [0.4, 0.5) is 27.5 Å². The summed E-state index contributed by atoms with van der Waals surface area (Å²) in [6.45, 7) is 1.78. The zero-order valence-electron chi connectivity index (χ0n) is 17.3. The number of anilines is 4. The van der Waals surface area contributed by atoms with Crippen molar-refractivity contribution in [2.24, 2.45) is 0 Å². The summed E-state index contributed by atoms with van der Waals surface area (Å²) >= 11 is 0. The van der Waals surface area contributed by atoms with Gasteiger partial charge in [-0.25, -0.2) is 9.37 Å². The first-order valence-corrected chi connectivity index (χ1v) is 9.99. The van der Waals surface area contributed by atoms with Gasteiger partial charge in [0, 0.05) is 17.8 Å². The van der Waals surface area contributed by atoms with Gasteiger partial charge in [0.25, 0.3) is 0 Å². The highest BCUT2D eigenvalue weighted by atomic mass is 19.1. The number of rotatable bonds is 8. The molecular formula is C23H20FN7O. The summed E-state index contributed by atoms with van der Waals surface area (Å²) in [5, 5.41) is 18.6. The maximum atomic E-state index is 14.3. The van der Waals surface area contributed by atoms with Crippen LogP contribution in [0.25, 0.3) is 0 Å². The van der Waals surface area contributed by atoms with Crippen LogP contribution in [0.5, 0.6) is 0 Å². The van der Waals surface area contributed by atoms with Crippen molar-refractivity contribution in [3.63, 3.8) is 0 Å². The number of nitrogens with zero attached hydrogens (tertiary/aromatic N) is 5. The number of hydrogen-bond donors (Lipinski definition) is 2. The lowest BCUT2D eigenvalue weighted by Crippen LogP contribution is -2.03. The van der Waals surface area contributed by atoms with E-state index < -0.39 is 5.82 Å². The van der Waals surface area contributed by atoms with Crippen LogP contribution in [0.15, 0.2) is 59.3 Å². The van der Waals surface area contributed by atoms with E-state index >= 15 is 0 Å². The molecule has 0 saturated carbocycles. The fraction of sp³-hybridized carbons (Fsp3) is 0.174. The molecule has 2 aromatic carbocycles. The Balaban J connectivity index is 1.39. The second kappa shape index (κ2) is 9.66. The number of aromatic nitrogens is 4. The predicted molar refractivity (Wildman–Crippen MR) is 117 cm³/mol. The molecule has 0 aliphatic carbocycles. The van der Waals surface area contributed by atoms with Crippen LogP contribution < -0.4 is 10.6 Å². The third-order valence-electron chi connectivity index (χ3n) is 4.65. The van der Waals surface area contributed by atoms with E-state index in [1.165, 1.54) is 0 Å². The average molecular weight is 429 g/mol. The molecule has 0 aliphatic heterocycles. The Morgan fingerprint density at radius 1 is 0.938 bits per heavy atom. The average Bonchev–Trinajstić information content (AvgIpc) is 3.22. The van der Waals surface area contributed by atoms with Gasteiger partial charge in [-0.15, -0.1) is 0 Å². The molecule has 8 nitrogen and oxygen atoms in total. The second-order valence-corrected chi connectivity index (χ2v) is 7.10. The van der Waals surface area contributed by atoms with Crippen LogP contribution in [-0.4, -0.2) is 20.1 Å². The molecule has 0 unspecified atom stereocenters. The van der Waals surface area contributed by atoms with E-state index in [0.29, 0.717) is 30.2 Å². The van der Waals surface area contributed by atoms with Crippen LogP contribution in [0, 0.1) is 24.1 Å². The standard InChI is InChI=1S/C23H20FN7O/c1-15-27-21(32-31-15)11-6-16-2-7-18(8-3-16)28-22-20(24)14-26-23(30-22)29-19-9-4-17(5-10-19)12-13-25/h2-5,7-10,14H,6,11-12H2,1H3,(H2,26,28,29,30). The molecule has 0 aliphatic rings. The van der Waals surface area contributed by atoms with E-state index in [2.05, 4.69) is 36.8 Å². The lowest BCUT2D eigenvalue weighted by Gasteiger charge is -2.10. The molecule has 4 rings (SSSR count). The number of nitriles is 1. The van der Waals surface area contributed by atoms with Gasteiger partial charge in [-0.3, -0.25) is 0 Å². The number of hydrogen-bond acceptors (Lipinski definition) is 8. The zero-order chi connectivity index (χ0) is 22.3. The topological polar surface area (TPSA) is 113 Å². The minimum Gasteiger partial charge on any atom is -0.339 e. The molecule has 32 heavy (non-hydrogen) atoms. The van der Waals surface area contributed by atoms with Crippen LogP contribution in [0.3, 0.4) is 0 Å². The third-order valence-corrected chi connectivity index (χ3v) is 4.65. The zero-order valence-corrected chi connectivity index (χ0v) is 17.3. The number of aryl methyl sites for hydroxylation is 3. The van der Waals surface area contributed by atoms with Crippen molar-refractivity contribution in [2.75, 3.05) is 10.6 Å². The van der Waals surface area contributed by atoms with E-state index in [0.717, 1.165) is 29.4 Å². The summed E-state index contributed by atoms with van der Waals surface area (Å²) in [6.07, 6.45) is 2.87. The summed E-state index contributed by atoms with van der Waals surface area (Å²) in [7, 11) is 0. The van der Waals surface area contributed by atoms with Crippen LogP contribution in [0.1, 0.15) is 22.8 Å². The maximum absolute atomic E-state index is 14.3. The molecule has 0 saturated heterocycles. The molecule has 2 N–H and O–H groups in total. The molecule has 4 aromatic rings. The number of benzene rings is 2. The molecule has 160 valence electrons. The van der Waals surface area contributed by atoms with Crippen molar-refractivity contribution >= 4 is 23.1 Å².